The fourth-order valence-electron chi connectivity index (χ4n) is 3.67. The number of hydrogen-bond acceptors (Lipinski definition) is 3. The van der Waals surface area contributed by atoms with Gasteiger partial charge in [0.05, 0.1) is 6.26 Å². The SMILES string of the molecule is O=C(c1ccc2occc2c1)N1CCCN2CCCC2C1. The number of nitrogens with zero attached hydrogens (tertiary/aromatic N) is 2. The Morgan fingerprint density at radius 3 is 3.00 bits per heavy atom. The summed E-state index contributed by atoms with van der Waals surface area (Å²) >= 11 is 0. The van der Waals surface area contributed by atoms with Gasteiger partial charge < -0.3 is 9.32 Å². The first kappa shape index (κ1) is 12.9. The summed E-state index contributed by atoms with van der Waals surface area (Å²) in [6.45, 7) is 4.08. The van der Waals surface area contributed by atoms with Crippen molar-refractivity contribution in [2.45, 2.75) is 25.3 Å². The van der Waals surface area contributed by atoms with E-state index < -0.39 is 0 Å². The van der Waals surface area contributed by atoms with Crippen LogP contribution in [0.5, 0.6) is 0 Å². The van der Waals surface area contributed by atoms with E-state index in [1.807, 2.05) is 29.2 Å². The van der Waals surface area contributed by atoms with Crippen LogP contribution >= 0.6 is 0 Å². The molecule has 2 aromatic rings. The molecule has 1 aromatic heterocycles. The average Bonchev–Trinajstić information content (AvgIpc) is 3.10. The van der Waals surface area contributed by atoms with Crippen LogP contribution in [0.25, 0.3) is 11.0 Å². The molecule has 1 unspecified atom stereocenters. The minimum Gasteiger partial charge on any atom is -0.464 e. The van der Waals surface area contributed by atoms with E-state index in [-0.39, 0.29) is 5.91 Å². The van der Waals surface area contributed by atoms with Gasteiger partial charge in [-0.15, -0.1) is 0 Å². The van der Waals surface area contributed by atoms with Crippen LogP contribution in [0.4, 0.5) is 0 Å². The maximum Gasteiger partial charge on any atom is 0.253 e. The highest BCUT2D eigenvalue weighted by Crippen LogP contribution is 2.23. The third kappa shape index (κ3) is 2.33. The Morgan fingerprint density at radius 1 is 1.14 bits per heavy atom. The highest BCUT2D eigenvalue weighted by atomic mass is 16.3. The summed E-state index contributed by atoms with van der Waals surface area (Å²) in [6, 6.07) is 8.19. The third-order valence-electron chi connectivity index (χ3n) is 4.79. The number of carbonyl (C=O) groups excluding carboxylic acids is 1. The predicted molar refractivity (Wildman–Crippen MR) is 81.3 cm³/mol. The molecular weight excluding hydrogens is 264 g/mol. The maximum atomic E-state index is 12.8. The quantitative estimate of drug-likeness (QED) is 0.808. The topological polar surface area (TPSA) is 36.7 Å². The van der Waals surface area contributed by atoms with Crippen LogP contribution in [0, 0.1) is 0 Å². The van der Waals surface area contributed by atoms with Gasteiger partial charge in [-0.3, -0.25) is 9.69 Å². The van der Waals surface area contributed by atoms with Crippen LogP contribution < -0.4 is 0 Å². The van der Waals surface area contributed by atoms with E-state index in [1.165, 1.54) is 19.4 Å². The van der Waals surface area contributed by atoms with Crippen molar-refractivity contribution in [2.24, 2.45) is 0 Å². The Morgan fingerprint density at radius 2 is 2.05 bits per heavy atom. The van der Waals surface area contributed by atoms with E-state index >= 15 is 0 Å². The number of rotatable bonds is 1. The number of carbonyl (C=O) groups is 1. The van der Waals surface area contributed by atoms with E-state index in [0.29, 0.717) is 6.04 Å². The summed E-state index contributed by atoms with van der Waals surface area (Å²) in [5.41, 5.74) is 1.61. The molecule has 2 aliphatic heterocycles. The lowest BCUT2D eigenvalue weighted by Gasteiger charge is -2.25. The molecule has 110 valence electrons. The molecule has 1 amide bonds. The van der Waals surface area contributed by atoms with Gasteiger partial charge in [0.25, 0.3) is 5.91 Å². The number of furan rings is 1. The summed E-state index contributed by atoms with van der Waals surface area (Å²) in [4.78, 5) is 17.4. The molecule has 0 saturated carbocycles. The van der Waals surface area contributed by atoms with Crippen molar-refractivity contribution in [3.05, 3.63) is 36.1 Å². The standard InChI is InChI=1S/C17H20N2O2/c20-17(14-4-5-16-13(11-14)6-10-21-16)19-9-2-8-18-7-1-3-15(18)12-19/h4-6,10-11,15H,1-3,7-9,12H2. The van der Waals surface area contributed by atoms with Gasteiger partial charge in [-0.25, -0.2) is 0 Å². The first-order chi connectivity index (χ1) is 10.3. The lowest BCUT2D eigenvalue weighted by Crippen LogP contribution is -2.39. The fraction of sp³-hybridized carbons (Fsp3) is 0.471. The van der Waals surface area contributed by atoms with Gasteiger partial charge in [0, 0.05) is 36.6 Å². The molecule has 2 fully saturated rings. The summed E-state index contributed by atoms with van der Waals surface area (Å²) in [7, 11) is 0. The number of amides is 1. The van der Waals surface area contributed by atoms with Crippen molar-refractivity contribution >= 4 is 16.9 Å². The monoisotopic (exact) mass is 284 g/mol. The summed E-state index contributed by atoms with van der Waals surface area (Å²) in [5.74, 6) is 0.159. The van der Waals surface area contributed by atoms with Crippen LogP contribution in [0.1, 0.15) is 29.6 Å². The van der Waals surface area contributed by atoms with Crippen molar-refractivity contribution in [3.63, 3.8) is 0 Å². The highest BCUT2D eigenvalue weighted by molar-refractivity contribution is 5.97. The van der Waals surface area contributed by atoms with Gasteiger partial charge in [0.1, 0.15) is 5.58 Å². The number of hydrogen-bond donors (Lipinski definition) is 0. The summed E-state index contributed by atoms with van der Waals surface area (Å²) in [6.07, 6.45) is 5.25. The number of benzene rings is 1. The van der Waals surface area contributed by atoms with E-state index in [0.717, 1.165) is 42.6 Å². The highest BCUT2D eigenvalue weighted by Gasteiger charge is 2.30. The Bertz CT molecular complexity index is 664. The molecule has 21 heavy (non-hydrogen) atoms. The first-order valence-electron chi connectivity index (χ1n) is 7.82. The second-order valence-corrected chi connectivity index (χ2v) is 6.11. The lowest BCUT2D eigenvalue weighted by atomic mass is 10.1. The van der Waals surface area contributed by atoms with E-state index in [4.69, 9.17) is 4.42 Å². The van der Waals surface area contributed by atoms with Gasteiger partial charge in [0.15, 0.2) is 0 Å². The van der Waals surface area contributed by atoms with Crippen LogP contribution in [0.3, 0.4) is 0 Å². The molecule has 4 rings (SSSR count). The van der Waals surface area contributed by atoms with E-state index in [2.05, 4.69) is 4.90 Å². The van der Waals surface area contributed by atoms with E-state index in [9.17, 15) is 4.79 Å². The smallest absolute Gasteiger partial charge is 0.253 e. The van der Waals surface area contributed by atoms with Crippen molar-refractivity contribution < 1.29 is 9.21 Å². The molecule has 0 N–H and O–H groups in total. The van der Waals surface area contributed by atoms with Crippen LogP contribution in [0.15, 0.2) is 34.9 Å². The minimum absolute atomic E-state index is 0.159. The second kappa shape index (κ2) is 5.19. The Kier molecular flexibility index (Phi) is 3.19. The fourth-order valence-corrected chi connectivity index (χ4v) is 3.67. The average molecular weight is 284 g/mol. The molecule has 2 saturated heterocycles. The van der Waals surface area contributed by atoms with Crippen molar-refractivity contribution in [3.8, 4) is 0 Å². The molecule has 0 radical (unpaired) electrons. The largest absolute Gasteiger partial charge is 0.464 e. The zero-order valence-electron chi connectivity index (χ0n) is 12.1. The van der Waals surface area contributed by atoms with Crippen LogP contribution in [0.2, 0.25) is 0 Å². The predicted octanol–water partition coefficient (Wildman–Crippen LogP) is 2.74. The molecule has 4 heteroatoms. The molecule has 4 nitrogen and oxygen atoms in total. The van der Waals surface area contributed by atoms with Gasteiger partial charge >= 0.3 is 0 Å². The van der Waals surface area contributed by atoms with Crippen molar-refractivity contribution in [1.82, 2.24) is 9.80 Å². The first-order valence-corrected chi connectivity index (χ1v) is 7.82. The normalized spacial score (nSPS) is 23.2. The van der Waals surface area contributed by atoms with Crippen molar-refractivity contribution in [2.75, 3.05) is 26.2 Å². The zero-order chi connectivity index (χ0) is 14.2. The minimum atomic E-state index is 0.159. The van der Waals surface area contributed by atoms with E-state index in [1.54, 1.807) is 6.26 Å². The molecule has 0 aliphatic carbocycles. The Balaban J connectivity index is 1.57. The maximum absolute atomic E-state index is 12.8. The molecule has 1 aromatic carbocycles. The van der Waals surface area contributed by atoms with Gasteiger partial charge in [-0.2, -0.15) is 0 Å². The molecule has 3 heterocycles. The van der Waals surface area contributed by atoms with Gasteiger partial charge in [-0.05, 0) is 50.1 Å². The third-order valence-corrected chi connectivity index (χ3v) is 4.79. The molecule has 0 spiro atoms. The van der Waals surface area contributed by atoms with Gasteiger partial charge in [0.2, 0.25) is 0 Å². The molecular formula is C17H20N2O2. The zero-order valence-corrected chi connectivity index (χ0v) is 12.1. The molecule has 0 bridgehead atoms. The Hall–Kier alpha value is -1.81. The van der Waals surface area contributed by atoms with Crippen LogP contribution in [-0.2, 0) is 0 Å². The van der Waals surface area contributed by atoms with Crippen LogP contribution in [-0.4, -0.2) is 47.9 Å². The summed E-state index contributed by atoms with van der Waals surface area (Å²) in [5, 5.41) is 0.998. The second-order valence-electron chi connectivity index (χ2n) is 6.11. The number of fused-ring (bicyclic) bond motifs is 2. The Labute approximate surface area is 124 Å². The van der Waals surface area contributed by atoms with Gasteiger partial charge in [-0.1, -0.05) is 0 Å². The molecule has 2 aliphatic rings. The molecule has 1 atom stereocenters. The van der Waals surface area contributed by atoms with Crippen molar-refractivity contribution in [1.29, 1.82) is 0 Å². The summed E-state index contributed by atoms with van der Waals surface area (Å²) < 4.78 is 5.34. The lowest BCUT2D eigenvalue weighted by molar-refractivity contribution is 0.0743.